The maximum absolute atomic E-state index is 13.1. The Morgan fingerprint density at radius 2 is 1.72 bits per heavy atom. The third kappa shape index (κ3) is 7.84. The Morgan fingerprint density at radius 3 is 2.33 bits per heavy atom. The van der Waals surface area contributed by atoms with Crippen molar-refractivity contribution < 1.29 is 24.4 Å². The lowest BCUT2D eigenvalue weighted by Crippen LogP contribution is -2.44. The van der Waals surface area contributed by atoms with Crippen molar-refractivity contribution in [2.24, 2.45) is 0 Å². The van der Waals surface area contributed by atoms with E-state index in [1.54, 1.807) is 32.9 Å². The summed E-state index contributed by atoms with van der Waals surface area (Å²) in [6.07, 6.45) is 0.875. The number of aromatic hydroxyl groups is 1. The quantitative estimate of drug-likeness (QED) is 0.222. The Hall–Kier alpha value is -3.85. The van der Waals surface area contributed by atoms with Gasteiger partial charge in [0, 0.05) is 16.5 Å². The molecule has 3 aromatic carbocycles. The first-order valence-corrected chi connectivity index (χ1v) is 12.2. The molecule has 0 bridgehead atoms. The summed E-state index contributed by atoms with van der Waals surface area (Å²) in [5.74, 6) is -1.01. The highest BCUT2D eigenvalue weighted by Crippen LogP contribution is 2.36. The van der Waals surface area contributed by atoms with Crippen LogP contribution in [0, 0.1) is 10.1 Å². The minimum absolute atomic E-state index is 0.0747. The number of esters is 1. The first-order chi connectivity index (χ1) is 17.0. The van der Waals surface area contributed by atoms with E-state index >= 15 is 0 Å². The summed E-state index contributed by atoms with van der Waals surface area (Å²) in [7, 11) is 0. The van der Waals surface area contributed by atoms with Crippen molar-refractivity contribution in [1.82, 2.24) is 5.32 Å². The number of amides is 1. The molecule has 0 heterocycles. The summed E-state index contributed by atoms with van der Waals surface area (Å²) in [6, 6.07) is 18.9. The number of nitro groups is 1. The van der Waals surface area contributed by atoms with Crippen molar-refractivity contribution >= 4 is 29.3 Å². The number of hydrogen-bond donors (Lipinski definition) is 2. The van der Waals surface area contributed by atoms with Gasteiger partial charge in [-0.1, -0.05) is 42.1 Å². The van der Waals surface area contributed by atoms with Crippen LogP contribution in [0.5, 0.6) is 5.75 Å². The van der Waals surface area contributed by atoms with Crippen LogP contribution < -0.4 is 5.32 Å². The van der Waals surface area contributed by atoms with Crippen LogP contribution in [0.25, 0.3) is 0 Å². The van der Waals surface area contributed by atoms with Crippen molar-refractivity contribution in [2.75, 3.05) is 0 Å². The lowest BCUT2D eigenvalue weighted by atomic mass is 10.0. The number of benzene rings is 3. The Bertz CT molecular complexity index is 1220. The number of ether oxygens (including phenoxy) is 1. The average molecular weight is 509 g/mol. The molecule has 0 aliphatic carbocycles. The Labute approximate surface area is 213 Å². The summed E-state index contributed by atoms with van der Waals surface area (Å²) < 4.78 is 5.52. The van der Waals surface area contributed by atoms with Gasteiger partial charge in [0.15, 0.2) is 0 Å². The van der Waals surface area contributed by atoms with Crippen LogP contribution >= 0.6 is 11.8 Å². The predicted molar refractivity (Wildman–Crippen MR) is 137 cm³/mol. The highest BCUT2D eigenvalue weighted by atomic mass is 32.2. The summed E-state index contributed by atoms with van der Waals surface area (Å²) in [6.45, 7) is 5.26. The summed E-state index contributed by atoms with van der Waals surface area (Å²) in [5.41, 5.74) is 0.310. The molecule has 0 spiro atoms. The van der Waals surface area contributed by atoms with Gasteiger partial charge < -0.3 is 15.2 Å². The Kier molecular flexibility index (Phi) is 8.71. The number of rotatable bonds is 9. The molecule has 0 unspecified atom stereocenters. The molecule has 36 heavy (non-hydrogen) atoms. The lowest BCUT2D eigenvalue weighted by Gasteiger charge is -2.24. The smallest absolute Gasteiger partial charge is 0.329 e. The molecule has 0 aliphatic rings. The highest BCUT2D eigenvalue weighted by Gasteiger charge is 2.27. The van der Waals surface area contributed by atoms with Crippen LogP contribution in [0.15, 0.2) is 82.6 Å². The average Bonchev–Trinajstić information content (AvgIpc) is 2.82. The summed E-state index contributed by atoms with van der Waals surface area (Å²) in [5, 5.41) is 23.8. The molecule has 3 aromatic rings. The number of aryl methyl sites for hydroxylation is 1. The van der Waals surface area contributed by atoms with E-state index in [4.69, 9.17) is 4.74 Å². The number of hydrogen-bond acceptors (Lipinski definition) is 7. The van der Waals surface area contributed by atoms with Gasteiger partial charge in [-0.25, -0.2) is 4.79 Å². The van der Waals surface area contributed by atoms with Gasteiger partial charge in [-0.2, -0.15) is 0 Å². The minimum atomic E-state index is -0.902. The second kappa shape index (κ2) is 11.7. The van der Waals surface area contributed by atoms with E-state index in [0.29, 0.717) is 17.7 Å². The number of carbonyl (C=O) groups excluding carboxylic acids is 2. The first-order valence-electron chi connectivity index (χ1n) is 11.3. The van der Waals surface area contributed by atoms with Crippen LogP contribution in [0.2, 0.25) is 0 Å². The van der Waals surface area contributed by atoms with E-state index in [1.165, 1.54) is 30.3 Å². The van der Waals surface area contributed by atoms with Crippen molar-refractivity contribution in [1.29, 1.82) is 0 Å². The molecule has 2 N–H and O–H groups in total. The normalized spacial score (nSPS) is 12.0. The van der Waals surface area contributed by atoms with Crippen LogP contribution in [0.4, 0.5) is 5.69 Å². The molecule has 0 saturated carbocycles. The molecule has 8 nitrogen and oxygen atoms in total. The fourth-order valence-corrected chi connectivity index (χ4v) is 4.31. The lowest BCUT2D eigenvalue weighted by molar-refractivity contribution is -0.387. The van der Waals surface area contributed by atoms with Gasteiger partial charge in [0.25, 0.3) is 11.6 Å². The van der Waals surface area contributed by atoms with E-state index in [9.17, 15) is 24.8 Å². The van der Waals surface area contributed by atoms with Crippen LogP contribution in [0.1, 0.15) is 43.1 Å². The Balaban J connectivity index is 1.83. The molecule has 0 radical (unpaired) electrons. The second-order valence-electron chi connectivity index (χ2n) is 9.12. The van der Waals surface area contributed by atoms with E-state index < -0.39 is 28.4 Å². The number of nitro benzene ring substituents is 1. The van der Waals surface area contributed by atoms with Crippen molar-refractivity contribution in [3.63, 3.8) is 0 Å². The maximum Gasteiger partial charge on any atom is 0.329 e. The number of phenolic OH excluding ortho intramolecular Hbond substituents is 1. The zero-order valence-electron chi connectivity index (χ0n) is 20.3. The SMILES string of the molecule is CC(C)(C)OC(=O)[C@H](CCc1ccccc1)NC(=O)c1ccc([N+](=O)[O-])c(Sc2ccc(O)cc2)c1. The van der Waals surface area contributed by atoms with Crippen molar-refractivity contribution in [3.05, 3.63) is 94.0 Å². The van der Waals surface area contributed by atoms with Gasteiger partial charge >= 0.3 is 5.97 Å². The summed E-state index contributed by atoms with van der Waals surface area (Å²) in [4.78, 5) is 38.0. The number of nitrogens with zero attached hydrogens (tertiary/aromatic N) is 1. The molecular formula is C27H28N2O6S. The molecule has 0 aliphatic heterocycles. The molecular weight excluding hydrogens is 480 g/mol. The largest absolute Gasteiger partial charge is 0.508 e. The fourth-order valence-electron chi connectivity index (χ4n) is 3.35. The molecule has 0 saturated heterocycles. The monoisotopic (exact) mass is 508 g/mol. The van der Waals surface area contributed by atoms with Gasteiger partial charge in [0.05, 0.1) is 9.82 Å². The van der Waals surface area contributed by atoms with Crippen LogP contribution in [0.3, 0.4) is 0 Å². The third-order valence-electron chi connectivity index (χ3n) is 5.04. The second-order valence-corrected chi connectivity index (χ2v) is 10.2. The zero-order chi connectivity index (χ0) is 26.3. The first kappa shape index (κ1) is 26.7. The molecule has 3 rings (SSSR count). The fraction of sp³-hybridized carbons (Fsp3) is 0.259. The summed E-state index contributed by atoms with van der Waals surface area (Å²) >= 11 is 1.10. The van der Waals surface area contributed by atoms with Gasteiger partial charge in [-0.15, -0.1) is 0 Å². The molecule has 0 aromatic heterocycles. The molecule has 188 valence electrons. The maximum atomic E-state index is 13.1. The van der Waals surface area contributed by atoms with Gasteiger partial charge in [0.2, 0.25) is 0 Å². The van der Waals surface area contributed by atoms with Gasteiger partial charge in [-0.05, 0) is 75.6 Å². The zero-order valence-corrected chi connectivity index (χ0v) is 21.1. The van der Waals surface area contributed by atoms with Gasteiger partial charge in [0.1, 0.15) is 17.4 Å². The van der Waals surface area contributed by atoms with Crippen molar-refractivity contribution in [3.8, 4) is 5.75 Å². The van der Waals surface area contributed by atoms with E-state index in [2.05, 4.69) is 5.32 Å². The van der Waals surface area contributed by atoms with Crippen LogP contribution in [-0.4, -0.2) is 33.5 Å². The predicted octanol–water partition coefficient (Wildman–Crippen LogP) is 5.52. The number of nitrogens with one attached hydrogen (secondary N) is 1. The topological polar surface area (TPSA) is 119 Å². The van der Waals surface area contributed by atoms with E-state index in [1.807, 2.05) is 30.3 Å². The molecule has 1 amide bonds. The number of phenols is 1. The molecule has 9 heteroatoms. The number of carbonyl (C=O) groups is 2. The van der Waals surface area contributed by atoms with Crippen molar-refractivity contribution in [2.45, 2.75) is 55.0 Å². The van der Waals surface area contributed by atoms with Gasteiger partial charge in [-0.3, -0.25) is 14.9 Å². The van der Waals surface area contributed by atoms with E-state index in [0.717, 1.165) is 17.3 Å². The Morgan fingerprint density at radius 1 is 1.06 bits per heavy atom. The third-order valence-corrected chi connectivity index (χ3v) is 6.10. The highest BCUT2D eigenvalue weighted by molar-refractivity contribution is 7.99. The standard InChI is InChI=1S/C27H28N2O6S/c1-27(2,3)35-26(32)22(15-9-18-7-5-4-6-8-18)28-25(31)19-10-16-23(29(33)34)24(17-19)36-21-13-11-20(30)12-14-21/h4-8,10-14,16-17,22,30H,9,15H2,1-3H3,(H,28,31)/t22-/m0/s1. The van der Waals surface area contributed by atoms with E-state index in [-0.39, 0.29) is 21.9 Å². The minimum Gasteiger partial charge on any atom is -0.508 e. The molecule has 1 atom stereocenters. The van der Waals surface area contributed by atoms with Crippen LogP contribution in [-0.2, 0) is 16.0 Å². The molecule has 0 fully saturated rings.